The highest BCUT2D eigenvalue weighted by Gasteiger charge is 2.09. The van der Waals surface area contributed by atoms with Crippen LogP contribution in [0.15, 0.2) is 72.8 Å². The van der Waals surface area contributed by atoms with Gasteiger partial charge in [-0.05, 0) is 35.9 Å². The third-order valence-corrected chi connectivity index (χ3v) is 4.26. The Morgan fingerprint density at radius 3 is 2.48 bits per heavy atom. The summed E-state index contributed by atoms with van der Waals surface area (Å²) in [5, 5.41) is 17.1. The van der Waals surface area contributed by atoms with E-state index in [2.05, 4.69) is 10.6 Å². The summed E-state index contributed by atoms with van der Waals surface area (Å²) in [4.78, 5) is 22.4. The van der Waals surface area contributed by atoms with E-state index < -0.39 is 4.92 Å². The summed E-state index contributed by atoms with van der Waals surface area (Å²) < 4.78 is 5.49. The van der Waals surface area contributed by atoms with Crippen LogP contribution in [0.1, 0.15) is 5.56 Å². The minimum atomic E-state index is -0.442. The molecule has 3 rings (SSSR count). The van der Waals surface area contributed by atoms with Gasteiger partial charge in [0.1, 0.15) is 5.75 Å². The normalized spacial score (nSPS) is 10.2. The van der Waals surface area contributed by atoms with Gasteiger partial charge in [0, 0.05) is 30.1 Å². The molecule has 0 fully saturated rings. The summed E-state index contributed by atoms with van der Waals surface area (Å²) in [6.07, 6.45) is 0. The predicted molar refractivity (Wildman–Crippen MR) is 112 cm³/mol. The number of amides is 1. The molecular formula is C21H18ClN3O4. The number of carbonyl (C=O) groups excluding carboxylic acids is 1. The maximum absolute atomic E-state index is 12.0. The molecule has 0 spiro atoms. The third-order valence-electron chi connectivity index (χ3n) is 3.97. The topological polar surface area (TPSA) is 93.5 Å². The minimum Gasteiger partial charge on any atom is -0.482 e. The molecule has 0 unspecified atom stereocenters. The Kier molecular flexibility index (Phi) is 6.65. The number of ether oxygens (including phenoxy) is 1. The number of benzene rings is 3. The molecule has 0 saturated heterocycles. The lowest BCUT2D eigenvalue weighted by atomic mass is 10.2. The maximum Gasteiger partial charge on any atom is 0.271 e. The summed E-state index contributed by atoms with van der Waals surface area (Å²) in [6.45, 7) is 0.259. The van der Waals surface area contributed by atoms with Gasteiger partial charge in [-0.2, -0.15) is 0 Å². The molecule has 7 nitrogen and oxygen atoms in total. The van der Waals surface area contributed by atoms with Crippen molar-refractivity contribution in [1.29, 1.82) is 0 Å². The van der Waals surface area contributed by atoms with E-state index in [0.29, 0.717) is 28.7 Å². The van der Waals surface area contributed by atoms with Crippen molar-refractivity contribution in [3.05, 3.63) is 93.5 Å². The number of para-hydroxylation sites is 1. The van der Waals surface area contributed by atoms with Gasteiger partial charge in [-0.1, -0.05) is 41.9 Å². The zero-order valence-corrected chi connectivity index (χ0v) is 16.1. The second kappa shape index (κ2) is 9.57. The van der Waals surface area contributed by atoms with Crippen LogP contribution in [0.25, 0.3) is 0 Å². The van der Waals surface area contributed by atoms with Crippen molar-refractivity contribution in [2.24, 2.45) is 0 Å². The van der Waals surface area contributed by atoms with E-state index in [0.717, 1.165) is 5.56 Å². The van der Waals surface area contributed by atoms with Crippen LogP contribution in [0.5, 0.6) is 5.75 Å². The van der Waals surface area contributed by atoms with E-state index in [1.807, 2.05) is 18.2 Å². The van der Waals surface area contributed by atoms with Crippen LogP contribution in [0.4, 0.5) is 17.1 Å². The van der Waals surface area contributed by atoms with Crippen LogP contribution in [0.3, 0.4) is 0 Å². The lowest BCUT2D eigenvalue weighted by Gasteiger charge is -2.11. The molecule has 148 valence electrons. The van der Waals surface area contributed by atoms with Gasteiger partial charge in [0.15, 0.2) is 6.61 Å². The van der Waals surface area contributed by atoms with E-state index >= 15 is 0 Å². The maximum atomic E-state index is 12.0. The van der Waals surface area contributed by atoms with Crippen LogP contribution in [0.2, 0.25) is 5.02 Å². The van der Waals surface area contributed by atoms with Gasteiger partial charge in [-0.3, -0.25) is 14.9 Å². The Balaban J connectivity index is 1.54. The first-order chi connectivity index (χ1) is 14.0. The fourth-order valence-electron chi connectivity index (χ4n) is 2.57. The molecule has 8 heteroatoms. The summed E-state index contributed by atoms with van der Waals surface area (Å²) in [6, 6.07) is 20.6. The number of hydrogen-bond donors (Lipinski definition) is 2. The first-order valence-corrected chi connectivity index (χ1v) is 9.13. The van der Waals surface area contributed by atoms with Crippen molar-refractivity contribution >= 4 is 34.6 Å². The number of hydrogen-bond acceptors (Lipinski definition) is 5. The molecule has 0 aromatic heterocycles. The van der Waals surface area contributed by atoms with Crippen molar-refractivity contribution in [2.45, 2.75) is 6.54 Å². The van der Waals surface area contributed by atoms with Crippen molar-refractivity contribution < 1.29 is 14.5 Å². The van der Waals surface area contributed by atoms with Crippen LogP contribution in [-0.4, -0.2) is 17.4 Å². The monoisotopic (exact) mass is 411 g/mol. The third kappa shape index (κ3) is 5.95. The van der Waals surface area contributed by atoms with Crippen molar-refractivity contribution in [1.82, 2.24) is 0 Å². The number of rotatable bonds is 8. The summed E-state index contributed by atoms with van der Waals surface area (Å²) >= 11 is 6.25. The number of anilines is 2. The molecule has 3 aromatic carbocycles. The smallest absolute Gasteiger partial charge is 0.271 e. The summed E-state index contributed by atoms with van der Waals surface area (Å²) in [5.74, 6) is 0.109. The molecule has 0 aliphatic carbocycles. The molecule has 0 saturated carbocycles. The van der Waals surface area contributed by atoms with Crippen LogP contribution >= 0.6 is 11.6 Å². The van der Waals surface area contributed by atoms with Crippen LogP contribution in [-0.2, 0) is 11.3 Å². The molecular weight excluding hydrogens is 394 g/mol. The first-order valence-electron chi connectivity index (χ1n) is 8.76. The lowest BCUT2D eigenvalue weighted by Crippen LogP contribution is -2.20. The highest BCUT2D eigenvalue weighted by Crippen LogP contribution is 2.26. The number of non-ortho nitro benzene ring substituents is 1. The molecule has 0 radical (unpaired) electrons. The van der Waals surface area contributed by atoms with Crippen molar-refractivity contribution in [3.8, 4) is 5.75 Å². The van der Waals surface area contributed by atoms with Gasteiger partial charge in [-0.25, -0.2) is 0 Å². The van der Waals surface area contributed by atoms with Gasteiger partial charge in [0.2, 0.25) is 0 Å². The van der Waals surface area contributed by atoms with Gasteiger partial charge in [0.25, 0.3) is 11.6 Å². The molecule has 0 atom stereocenters. The fraction of sp³-hybridized carbons (Fsp3) is 0.0952. The molecule has 0 aliphatic heterocycles. The number of nitrogens with zero attached hydrogens (tertiary/aromatic N) is 1. The zero-order chi connectivity index (χ0) is 20.6. The standard InChI is InChI=1S/C21H18ClN3O4/c22-19-11-15(13-23-17-7-4-8-18(12-17)25(27)28)9-10-20(19)29-14-21(26)24-16-5-2-1-3-6-16/h1-12,23H,13-14H2,(H,24,26). The Hall–Kier alpha value is -3.58. The van der Waals surface area contributed by atoms with E-state index in [-0.39, 0.29) is 18.2 Å². The molecule has 3 aromatic rings. The second-order valence-electron chi connectivity index (χ2n) is 6.13. The Morgan fingerprint density at radius 1 is 1.00 bits per heavy atom. The number of nitro benzene ring substituents is 1. The lowest BCUT2D eigenvalue weighted by molar-refractivity contribution is -0.384. The highest BCUT2D eigenvalue weighted by atomic mass is 35.5. The van der Waals surface area contributed by atoms with Gasteiger partial charge >= 0.3 is 0 Å². The number of halogens is 1. The van der Waals surface area contributed by atoms with Crippen LogP contribution in [0, 0.1) is 10.1 Å². The Labute approximate surface area is 172 Å². The van der Waals surface area contributed by atoms with Crippen molar-refractivity contribution in [2.75, 3.05) is 17.2 Å². The average molecular weight is 412 g/mol. The largest absolute Gasteiger partial charge is 0.482 e. The first kappa shape index (κ1) is 20.2. The summed E-state index contributed by atoms with van der Waals surface area (Å²) in [5.41, 5.74) is 2.20. The average Bonchev–Trinajstić information content (AvgIpc) is 2.72. The molecule has 1 amide bonds. The van der Waals surface area contributed by atoms with Gasteiger partial charge < -0.3 is 15.4 Å². The number of nitro groups is 1. The van der Waals surface area contributed by atoms with E-state index in [1.54, 1.807) is 42.5 Å². The highest BCUT2D eigenvalue weighted by molar-refractivity contribution is 6.32. The fourth-order valence-corrected chi connectivity index (χ4v) is 2.82. The SMILES string of the molecule is O=C(COc1ccc(CNc2cccc([N+](=O)[O-])c2)cc1Cl)Nc1ccccc1. The summed E-state index contributed by atoms with van der Waals surface area (Å²) in [7, 11) is 0. The van der Waals surface area contributed by atoms with E-state index in [4.69, 9.17) is 16.3 Å². The quantitative estimate of drug-likeness (QED) is 0.407. The second-order valence-corrected chi connectivity index (χ2v) is 6.54. The molecule has 0 bridgehead atoms. The van der Waals surface area contributed by atoms with Crippen LogP contribution < -0.4 is 15.4 Å². The molecule has 2 N–H and O–H groups in total. The Bertz CT molecular complexity index is 1010. The van der Waals surface area contributed by atoms with Crippen molar-refractivity contribution in [3.63, 3.8) is 0 Å². The van der Waals surface area contributed by atoms with E-state index in [1.165, 1.54) is 12.1 Å². The number of nitrogens with one attached hydrogen (secondary N) is 2. The predicted octanol–water partition coefficient (Wildman–Crippen LogP) is 4.88. The zero-order valence-electron chi connectivity index (χ0n) is 15.3. The minimum absolute atomic E-state index is 0.0190. The molecule has 0 heterocycles. The van der Waals surface area contributed by atoms with E-state index in [9.17, 15) is 14.9 Å². The Morgan fingerprint density at radius 2 is 1.76 bits per heavy atom. The van der Waals surface area contributed by atoms with Gasteiger partial charge in [0.05, 0.1) is 9.95 Å². The number of carbonyl (C=O) groups is 1. The van der Waals surface area contributed by atoms with Gasteiger partial charge in [-0.15, -0.1) is 0 Å². The molecule has 29 heavy (non-hydrogen) atoms. The molecule has 0 aliphatic rings.